The summed E-state index contributed by atoms with van der Waals surface area (Å²) in [6.45, 7) is 0.237. The molecule has 2 bridgehead atoms. The molecule has 1 aliphatic heterocycles. The van der Waals surface area contributed by atoms with E-state index in [0.29, 0.717) is 16.9 Å². The number of carbonyl (C=O) groups excluding carboxylic acids is 2. The van der Waals surface area contributed by atoms with E-state index in [1.807, 2.05) is 12.1 Å². The molecule has 1 N–H and O–H groups in total. The van der Waals surface area contributed by atoms with Crippen molar-refractivity contribution in [3.05, 3.63) is 41.4 Å². The van der Waals surface area contributed by atoms with Crippen LogP contribution in [0.1, 0.15) is 6.42 Å². The number of nitrogens with one attached hydrogen (secondary N) is 1. The Balaban J connectivity index is 1.36. The summed E-state index contributed by atoms with van der Waals surface area (Å²) in [5.41, 5.74) is 0.855. The van der Waals surface area contributed by atoms with Gasteiger partial charge in [-0.25, -0.2) is 0 Å². The zero-order chi connectivity index (χ0) is 15.7. The number of benzene rings is 1. The number of likely N-dealkylation sites (tertiary alicyclic amines) is 1. The van der Waals surface area contributed by atoms with Crippen LogP contribution < -0.4 is 5.32 Å². The third-order valence-corrected chi connectivity index (χ3v) is 6.29. The molecule has 3 fully saturated rings. The van der Waals surface area contributed by atoms with Gasteiger partial charge >= 0.3 is 0 Å². The van der Waals surface area contributed by atoms with Crippen LogP contribution in [0.15, 0.2) is 36.4 Å². The lowest BCUT2D eigenvalue weighted by Gasteiger charge is -2.37. The van der Waals surface area contributed by atoms with Crippen molar-refractivity contribution in [2.75, 3.05) is 12.0 Å². The fourth-order valence-electron chi connectivity index (χ4n) is 4.91. The summed E-state index contributed by atoms with van der Waals surface area (Å²) in [5, 5.41) is 3.83. The zero-order valence-electron chi connectivity index (χ0n) is 12.5. The topological polar surface area (TPSA) is 49.4 Å². The fourth-order valence-corrected chi connectivity index (χ4v) is 5.04. The number of imide groups is 1. The maximum absolute atomic E-state index is 12.8. The smallest absolute Gasteiger partial charge is 0.235 e. The molecule has 2 amide bonds. The molecule has 6 rings (SSSR count). The predicted molar refractivity (Wildman–Crippen MR) is 86.5 cm³/mol. The number of amides is 2. The molecule has 5 aliphatic rings. The molecule has 5 heteroatoms. The molecule has 23 heavy (non-hydrogen) atoms. The molecule has 1 aromatic rings. The molecule has 0 spiro atoms. The number of halogens is 1. The first-order valence-electron chi connectivity index (χ1n) is 8.18. The van der Waals surface area contributed by atoms with Crippen LogP contribution in [0.3, 0.4) is 0 Å². The predicted octanol–water partition coefficient (Wildman–Crippen LogP) is 2.76. The number of hydrogen-bond donors (Lipinski definition) is 1. The molecule has 0 radical (unpaired) electrons. The lowest BCUT2D eigenvalue weighted by molar-refractivity contribution is -0.139. The van der Waals surface area contributed by atoms with E-state index in [1.165, 1.54) is 11.3 Å². The van der Waals surface area contributed by atoms with Gasteiger partial charge in [-0.3, -0.25) is 14.5 Å². The number of allylic oxidation sites excluding steroid dienone is 2. The van der Waals surface area contributed by atoms with Crippen molar-refractivity contribution in [1.82, 2.24) is 4.90 Å². The standard InChI is InChI=1S/C18H17ClN2O2/c19-9-1-3-10(4-2-9)20-8-21-17(22)15-11-5-6-12(14-7-13(11)14)16(15)18(21)23/h1-6,11-16,20H,7-8H2/t11-,12+,13-,14-,15+,16-/m1/s1. The average molecular weight is 329 g/mol. The molecular formula is C18H17ClN2O2. The van der Waals surface area contributed by atoms with E-state index in [9.17, 15) is 9.59 Å². The molecule has 2 saturated carbocycles. The third-order valence-electron chi connectivity index (χ3n) is 6.04. The van der Waals surface area contributed by atoms with Gasteiger partial charge in [0.15, 0.2) is 0 Å². The summed E-state index contributed by atoms with van der Waals surface area (Å²) in [5.74, 6) is 1.64. The molecule has 1 heterocycles. The first kappa shape index (κ1) is 13.6. The number of nitrogens with zero attached hydrogens (tertiary/aromatic N) is 1. The lowest BCUT2D eigenvalue weighted by atomic mass is 9.63. The minimum Gasteiger partial charge on any atom is -0.367 e. The molecule has 4 aliphatic carbocycles. The van der Waals surface area contributed by atoms with Crippen molar-refractivity contribution in [1.29, 1.82) is 0 Å². The maximum atomic E-state index is 12.8. The summed E-state index contributed by atoms with van der Waals surface area (Å²) in [6.07, 6.45) is 5.58. The second-order valence-electron chi connectivity index (χ2n) is 7.10. The molecule has 1 saturated heterocycles. The SMILES string of the molecule is O=C1[C@@H]2[C@H]3C=C[C@H]([C@H]4C[C@H]34)[C@@H]2C(=O)N1CNc1ccc(Cl)cc1. The van der Waals surface area contributed by atoms with Crippen LogP contribution in [0.4, 0.5) is 5.69 Å². The molecule has 6 atom stereocenters. The summed E-state index contributed by atoms with van der Waals surface area (Å²) in [6, 6.07) is 7.27. The van der Waals surface area contributed by atoms with E-state index in [1.54, 1.807) is 12.1 Å². The lowest BCUT2D eigenvalue weighted by Crippen LogP contribution is -2.40. The van der Waals surface area contributed by atoms with Crippen LogP contribution in [0.5, 0.6) is 0 Å². The van der Waals surface area contributed by atoms with Crippen molar-refractivity contribution < 1.29 is 9.59 Å². The minimum absolute atomic E-state index is 0.00571. The van der Waals surface area contributed by atoms with E-state index in [4.69, 9.17) is 11.6 Å². The summed E-state index contributed by atoms with van der Waals surface area (Å²) >= 11 is 5.87. The highest BCUT2D eigenvalue weighted by Gasteiger charge is 2.66. The fraction of sp³-hybridized carbons (Fsp3) is 0.444. The first-order valence-corrected chi connectivity index (χ1v) is 8.56. The van der Waals surface area contributed by atoms with E-state index in [-0.39, 0.29) is 42.2 Å². The van der Waals surface area contributed by atoms with E-state index >= 15 is 0 Å². The molecular weight excluding hydrogens is 312 g/mol. The van der Waals surface area contributed by atoms with Crippen molar-refractivity contribution in [2.24, 2.45) is 35.5 Å². The van der Waals surface area contributed by atoms with E-state index < -0.39 is 0 Å². The van der Waals surface area contributed by atoms with Crippen molar-refractivity contribution in [3.8, 4) is 0 Å². The Labute approximate surface area is 139 Å². The number of rotatable bonds is 3. The van der Waals surface area contributed by atoms with Crippen LogP contribution in [0, 0.1) is 35.5 Å². The van der Waals surface area contributed by atoms with Crippen molar-refractivity contribution in [3.63, 3.8) is 0 Å². The van der Waals surface area contributed by atoms with Gasteiger partial charge in [-0.15, -0.1) is 0 Å². The first-order chi connectivity index (χ1) is 11.1. The largest absolute Gasteiger partial charge is 0.367 e. The van der Waals surface area contributed by atoms with Gasteiger partial charge in [0.05, 0.1) is 18.5 Å². The van der Waals surface area contributed by atoms with Crippen molar-refractivity contribution >= 4 is 29.1 Å². The molecule has 1 aromatic carbocycles. The van der Waals surface area contributed by atoms with Gasteiger partial charge in [-0.05, 0) is 54.4 Å². The van der Waals surface area contributed by atoms with Gasteiger partial charge < -0.3 is 5.32 Å². The second-order valence-corrected chi connectivity index (χ2v) is 7.54. The van der Waals surface area contributed by atoms with Crippen LogP contribution in [0.2, 0.25) is 5.02 Å². The number of hydrogen-bond acceptors (Lipinski definition) is 3. The van der Waals surface area contributed by atoms with Gasteiger partial charge in [-0.2, -0.15) is 0 Å². The molecule has 0 unspecified atom stereocenters. The third kappa shape index (κ3) is 1.84. The van der Waals surface area contributed by atoms with Gasteiger partial charge in [0.25, 0.3) is 0 Å². The summed E-state index contributed by atoms with van der Waals surface area (Å²) in [7, 11) is 0. The van der Waals surface area contributed by atoms with E-state index in [2.05, 4.69) is 17.5 Å². The Morgan fingerprint density at radius 3 is 2.13 bits per heavy atom. The summed E-state index contributed by atoms with van der Waals surface area (Å²) in [4.78, 5) is 27.0. The summed E-state index contributed by atoms with van der Waals surface area (Å²) < 4.78 is 0. The van der Waals surface area contributed by atoms with Gasteiger partial charge in [-0.1, -0.05) is 23.8 Å². The normalized spacial score (nSPS) is 39.4. The van der Waals surface area contributed by atoms with Crippen LogP contribution in [0.25, 0.3) is 0 Å². The number of carbonyl (C=O) groups is 2. The Morgan fingerprint density at radius 2 is 1.57 bits per heavy atom. The maximum Gasteiger partial charge on any atom is 0.235 e. The van der Waals surface area contributed by atoms with E-state index in [0.717, 1.165) is 5.69 Å². The Bertz CT molecular complexity index is 693. The molecule has 4 nitrogen and oxygen atoms in total. The minimum atomic E-state index is -0.117. The zero-order valence-corrected chi connectivity index (χ0v) is 13.2. The highest BCUT2D eigenvalue weighted by atomic mass is 35.5. The van der Waals surface area contributed by atoms with Crippen LogP contribution >= 0.6 is 11.6 Å². The Hall–Kier alpha value is -1.81. The monoisotopic (exact) mass is 328 g/mol. The van der Waals surface area contributed by atoms with Gasteiger partial charge in [0.2, 0.25) is 11.8 Å². The highest BCUT2D eigenvalue weighted by Crippen LogP contribution is 2.65. The second kappa shape index (κ2) is 4.60. The van der Waals surface area contributed by atoms with Gasteiger partial charge in [0, 0.05) is 10.7 Å². The Kier molecular flexibility index (Phi) is 2.72. The molecule has 0 aromatic heterocycles. The highest BCUT2D eigenvalue weighted by molar-refractivity contribution is 6.30. The molecule has 118 valence electrons. The van der Waals surface area contributed by atoms with Crippen molar-refractivity contribution in [2.45, 2.75) is 6.42 Å². The van der Waals surface area contributed by atoms with Crippen LogP contribution in [-0.4, -0.2) is 23.4 Å². The average Bonchev–Trinajstić information content (AvgIpc) is 3.33. The quantitative estimate of drug-likeness (QED) is 0.685. The Morgan fingerprint density at radius 1 is 1.00 bits per heavy atom. The number of anilines is 1. The van der Waals surface area contributed by atoms with Gasteiger partial charge in [0.1, 0.15) is 0 Å². The van der Waals surface area contributed by atoms with Crippen LogP contribution in [-0.2, 0) is 9.59 Å².